The molecule has 15 heavy (non-hydrogen) atoms. The van der Waals surface area contributed by atoms with E-state index in [4.69, 9.17) is 5.73 Å². The molecule has 0 aromatic carbocycles. The third kappa shape index (κ3) is 2.54. The minimum absolute atomic E-state index is 0.244. The Morgan fingerprint density at radius 3 is 3.00 bits per heavy atom. The summed E-state index contributed by atoms with van der Waals surface area (Å²) in [4.78, 5) is 8.08. The molecule has 0 bridgehead atoms. The van der Waals surface area contributed by atoms with Crippen molar-refractivity contribution in [3.05, 3.63) is 11.6 Å². The van der Waals surface area contributed by atoms with Crippen LogP contribution in [0.4, 0.5) is 11.8 Å². The van der Waals surface area contributed by atoms with Crippen LogP contribution >= 0.6 is 23.1 Å². The minimum atomic E-state index is 0.244. The molecule has 0 aliphatic carbocycles. The highest BCUT2D eigenvalue weighted by molar-refractivity contribution is 8.00. The smallest absolute Gasteiger partial charge is 0.223 e. The van der Waals surface area contributed by atoms with Crippen LogP contribution in [0.5, 0.6) is 0 Å². The van der Waals surface area contributed by atoms with Gasteiger partial charge in [0.05, 0.1) is 0 Å². The van der Waals surface area contributed by atoms with Crippen LogP contribution in [-0.4, -0.2) is 27.2 Å². The van der Waals surface area contributed by atoms with E-state index in [9.17, 15) is 0 Å². The lowest BCUT2D eigenvalue weighted by molar-refractivity contribution is 1.00. The first kappa shape index (κ1) is 10.1. The molecule has 0 fully saturated rings. The molecule has 2 heterocycles. The first-order valence-electron chi connectivity index (χ1n) is 4.04. The van der Waals surface area contributed by atoms with Crippen molar-refractivity contribution in [3.63, 3.8) is 0 Å². The molecule has 0 radical (unpaired) electrons. The van der Waals surface area contributed by atoms with Gasteiger partial charge in [0, 0.05) is 13.1 Å². The maximum Gasteiger partial charge on any atom is 0.223 e. The number of hydrogen-bond donors (Lipinski definition) is 2. The van der Waals surface area contributed by atoms with Gasteiger partial charge in [-0.05, 0) is 11.8 Å². The van der Waals surface area contributed by atoms with Crippen LogP contribution in [0.1, 0.15) is 0 Å². The van der Waals surface area contributed by atoms with Gasteiger partial charge in [0.2, 0.25) is 5.95 Å². The van der Waals surface area contributed by atoms with Crippen molar-refractivity contribution in [2.45, 2.75) is 9.37 Å². The minimum Gasteiger partial charge on any atom is -0.373 e. The zero-order valence-corrected chi connectivity index (χ0v) is 9.47. The van der Waals surface area contributed by atoms with E-state index in [1.54, 1.807) is 12.6 Å². The molecule has 6 nitrogen and oxygen atoms in total. The molecule has 2 aromatic heterocycles. The van der Waals surface area contributed by atoms with E-state index in [0.717, 1.165) is 9.37 Å². The number of nitrogens with one attached hydrogen (secondary N) is 1. The third-order valence-electron chi connectivity index (χ3n) is 1.51. The summed E-state index contributed by atoms with van der Waals surface area (Å²) in [5.74, 6) is 0.934. The highest BCUT2D eigenvalue weighted by Crippen LogP contribution is 2.28. The number of hydrogen-bond acceptors (Lipinski definition) is 8. The summed E-state index contributed by atoms with van der Waals surface area (Å²) in [6, 6.07) is 1.81. The van der Waals surface area contributed by atoms with E-state index >= 15 is 0 Å². The van der Waals surface area contributed by atoms with Gasteiger partial charge in [-0.3, -0.25) is 0 Å². The Hall–Kier alpha value is -1.41. The van der Waals surface area contributed by atoms with E-state index in [-0.39, 0.29) is 5.95 Å². The van der Waals surface area contributed by atoms with E-state index in [0.29, 0.717) is 5.82 Å². The zero-order valence-electron chi connectivity index (χ0n) is 7.84. The average Bonchev–Trinajstić information content (AvgIpc) is 2.69. The van der Waals surface area contributed by atoms with Gasteiger partial charge in [-0.1, -0.05) is 11.3 Å². The molecule has 0 atom stereocenters. The summed E-state index contributed by atoms with van der Waals surface area (Å²) >= 11 is 2.87. The predicted molar refractivity (Wildman–Crippen MR) is 60.0 cm³/mol. The first-order valence-corrected chi connectivity index (χ1v) is 5.74. The SMILES string of the molecule is CNc1cc(Sc2nncs2)nc(N)n1. The van der Waals surface area contributed by atoms with Crippen LogP contribution in [-0.2, 0) is 0 Å². The van der Waals surface area contributed by atoms with Crippen molar-refractivity contribution in [2.24, 2.45) is 0 Å². The van der Waals surface area contributed by atoms with Gasteiger partial charge in [-0.15, -0.1) is 10.2 Å². The van der Waals surface area contributed by atoms with Crippen molar-refractivity contribution in [3.8, 4) is 0 Å². The molecule has 0 saturated carbocycles. The van der Waals surface area contributed by atoms with Crippen molar-refractivity contribution >= 4 is 34.9 Å². The number of nitrogens with zero attached hydrogens (tertiary/aromatic N) is 4. The fraction of sp³-hybridized carbons (Fsp3) is 0.143. The van der Waals surface area contributed by atoms with Gasteiger partial charge in [0.25, 0.3) is 0 Å². The Morgan fingerprint density at radius 2 is 2.33 bits per heavy atom. The standard InChI is InChI=1S/C7H8N6S2/c1-9-4-2-5(12-6(8)11-4)15-7-13-10-3-14-7/h2-3H,1H3,(H3,8,9,11,12). The van der Waals surface area contributed by atoms with Crippen LogP contribution in [0.15, 0.2) is 20.9 Å². The molecule has 2 aromatic rings. The molecule has 8 heteroatoms. The van der Waals surface area contributed by atoms with Crippen LogP contribution in [0.3, 0.4) is 0 Å². The highest BCUT2D eigenvalue weighted by atomic mass is 32.2. The number of nitrogens with two attached hydrogens (primary N) is 1. The van der Waals surface area contributed by atoms with Crippen LogP contribution in [0, 0.1) is 0 Å². The maximum atomic E-state index is 5.56. The Morgan fingerprint density at radius 1 is 1.47 bits per heavy atom. The van der Waals surface area contributed by atoms with Crippen molar-refractivity contribution in [1.29, 1.82) is 0 Å². The second kappa shape index (κ2) is 4.41. The summed E-state index contributed by atoms with van der Waals surface area (Å²) in [7, 11) is 1.78. The van der Waals surface area contributed by atoms with E-state index in [2.05, 4.69) is 25.5 Å². The monoisotopic (exact) mass is 240 g/mol. The second-order valence-corrected chi connectivity index (χ2v) is 4.61. The van der Waals surface area contributed by atoms with Gasteiger partial charge in [0.15, 0.2) is 4.34 Å². The highest BCUT2D eigenvalue weighted by Gasteiger charge is 2.05. The fourth-order valence-corrected chi connectivity index (χ4v) is 2.35. The molecular formula is C7H8N6S2. The molecule has 0 spiro atoms. The molecule has 3 N–H and O–H groups in total. The van der Waals surface area contributed by atoms with Crippen LogP contribution in [0.25, 0.3) is 0 Å². The molecule has 0 aliphatic rings. The van der Waals surface area contributed by atoms with Crippen LogP contribution in [0.2, 0.25) is 0 Å². The van der Waals surface area contributed by atoms with Gasteiger partial charge in [-0.25, -0.2) is 4.98 Å². The second-order valence-electron chi connectivity index (χ2n) is 2.51. The largest absolute Gasteiger partial charge is 0.373 e. The van der Waals surface area contributed by atoms with Gasteiger partial charge in [0.1, 0.15) is 16.4 Å². The topological polar surface area (TPSA) is 89.6 Å². The molecule has 0 amide bonds. The molecule has 78 valence electrons. The van der Waals surface area contributed by atoms with Crippen molar-refractivity contribution in [2.75, 3.05) is 18.1 Å². The summed E-state index contributed by atoms with van der Waals surface area (Å²) < 4.78 is 0.829. The van der Waals surface area contributed by atoms with Crippen LogP contribution < -0.4 is 11.1 Å². The molecule has 0 unspecified atom stereocenters. The lowest BCUT2D eigenvalue weighted by atomic mass is 10.6. The van der Waals surface area contributed by atoms with Gasteiger partial charge >= 0.3 is 0 Å². The Kier molecular flexibility index (Phi) is 2.97. The Bertz CT molecular complexity index is 443. The Labute approximate surface area is 94.4 Å². The summed E-state index contributed by atoms with van der Waals surface area (Å²) in [5.41, 5.74) is 7.23. The number of aromatic nitrogens is 4. The normalized spacial score (nSPS) is 10.2. The predicted octanol–water partition coefficient (Wildman–Crippen LogP) is 1.10. The lowest BCUT2D eigenvalue weighted by Gasteiger charge is -2.02. The first-order chi connectivity index (χ1) is 7.28. The van der Waals surface area contributed by atoms with E-state index in [1.165, 1.54) is 23.1 Å². The molecule has 2 rings (SSSR count). The maximum absolute atomic E-state index is 5.56. The van der Waals surface area contributed by atoms with Gasteiger partial charge in [-0.2, -0.15) is 4.98 Å². The molecule has 0 saturated heterocycles. The number of nitrogen functional groups attached to an aromatic ring is 1. The molecule has 0 aliphatic heterocycles. The van der Waals surface area contributed by atoms with Crippen molar-refractivity contribution in [1.82, 2.24) is 20.2 Å². The fourth-order valence-electron chi connectivity index (χ4n) is 0.920. The summed E-state index contributed by atoms with van der Waals surface area (Å²) in [6.45, 7) is 0. The summed E-state index contributed by atoms with van der Waals surface area (Å²) in [6.07, 6.45) is 0. The summed E-state index contributed by atoms with van der Waals surface area (Å²) in [5, 5.41) is 11.3. The average molecular weight is 240 g/mol. The van der Waals surface area contributed by atoms with Crippen molar-refractivity contribution < 1.29 is 0 Å². The molecular weight excluding hydrogens is 232 g/mol. The number of anilines is 2. The van der Waals surface area contributed by atoms with E-state index < -0.39 is 0 Å². The number of rotatable bonds is 3. The third-order valence-corrected chi connectivity index (χ3v) is 3.20. The lowest BCUT2D eigenvalue weighted by Crippen LogP contribution is -2.00. The zero-order chi connectivity index (χ0) is 10.7. The van der Waals surface area contributed by atoms with Gasteiger partial charge < -0.3 is 11.1 Å². The quantitative estimate of drug-likeness (QED) is 0.776. The Balaban J connectivity index is 2.24. The van der Waals surface area contributed by atoms with E-state index in [1.807, 2.05) is 6.07 Å².